The molecule has 1 atom stereocenters. The summed E-state index contributed by atoms with van der Waals surface area (Å²) in [6.45, 7) is 4.74. The number of nitrogens with zero attached hydrogens (tertiary/aromatic N) is 2. The Bertz CT molecular complexity index is 499. The second-order valence-electron chi connectivity index (χ2n) is 5.27. The fraction of sp³-hybridized carbons (Fsp3) is 0.786. The van der Waals surface area contributed by atoms with Gasteiger partial charge in [0, 0.05) is 25.4 Å². The summed E-state index contributed by atoms with van der Waals surface area (Å²) in [7, 11) is -3.51. The summed E-state index contributed by atoms with van der Waals surface area (Å²) in [5.74, 6) is 0. The van der Waals surface area contributed by atoms with E-state index in [0.29, 0.717) is 13.0 Å². The Hall–Kier alpha value is -0.920. The number of aliphatic hydroxyl groups is 1. The van der Waals surface area contributed by atoms with E-state index in [1.54, 1.807) is 4.68 Å². The molecule has 0 aromatic carbocycles. The molecular weight excluding hydrogens is 290 g/mol. The number of sulfonamides is 1. The van der Waals surface area contributed by atoms with Crippen molar-refractivity contribution in [3.05, 3.63) is 12.4 Å². The average molecular weight is 317 g/mol. The van der Waals surface area contributed by atoms with Crippen LogP contribution in [0.1, 0.15) is 52.4 Å². The van der Waals surface area contributed by atoms with Gasteiger partial charge < -0.3 is 5.11 Å². The van der Waals surface area contributed by atoms with Crippen molar-refractivity contribution in [2.24, 2.45) is 0 Å². The lowest BCUT2D eigenvalue weighted by atomic mass is 10.1. The minimum Gasteiger partial charge on any atom is -0.396 e. The zero-order chi connectivity index (χ0) is 15.7. The third kappa shape index (κ3) is 6.15. The molecular formula is C14H27N3O3S. The number of nitrogens with one attached hydrogen (secondary N) is 1. The van der Waals surface area contributed by atoms with Gasteiger partial charge in [-0.25, -0.2) is 13.1 Å². The summed E-state index contributed by atoms with van der Waals surface area (Å²) in [5.41, 5.74) is 0. The van der Waals surface area contributed by atoms with Crippen LogP contribution in [-0.4, -0.2) is 36.0 Å². The lowest BCUT2D eigenvalue weighted by Crippen LogP contribution is -2.34. The number of rotatable bonds is 11. The minimum absolute atomic E-state index is 0.0132. The van der Waals surface area contributed by atoms with Gasteiger partial charge >= 0.3 is 0 Å². The second-order valence-corrected chi connectivity index (χ2v) is 6.98. The predicted molar refractivity (Wildman–Crippen MR) is 82.5 cm³/mol. The van der Waals surface area contributed by atoms with Crippen LogP contribution in [0.3, 0.4) is 0 Å². The normalized spacial score (nSPS) is 13.5. The Morgan fingerprint density at radius 2 is 2.05 bits per heavy atom. The van der Waals surface area contributed by atoms with Crippen LogP contribution in [0.2, 0.25) is 0 Å². The van der Waals surface area contributed by atoms with Crippen molar-refractivity contribution in [1.82, 2.24) is 14.5 Å². The minimum atomic E-state index is -3.51. The number of hydrogen-bond acceptors (Lipinski definition) is 4. The molecule has 2 N–H and O–H groups in total. The van der Waals surface area contributed by atoms with E-state index in [1.165, 1.54) is 12.4 Å². The van der Waals surface area contributed by atoms with Crippen LogP contribution in [0.5, 0.6) is 0 Å². The van der Waals surface area contributed by atoms with Gasteiger partial charge in [-0.05, 0) is 19.3 Å². The van der Waals surface area contributed by atoms with Gasteiger partial charge in [0.2, 0.25) is 10.0 Å². The largest absolute Gasteiger partial charge is 0.396 e. The Balaban J connectivity index is 2.71. The van der Waals surface area contributed by atoms with Crippen LogP contribution in [0.25, 0.3) is 0 Å². The molecule has 1 unspecified atom stereocenters. The fourth-order valence-electron chi connectivity index (χ4n) is 2.19. The van der Waals surface area contributed by atoms with Crippen LogP contribution in [-0.2, 0) is 16.6 Å². The highest BCUT2D eigenvalue weighted by Gasteiger charge is 2.20. The second kappa shape index (κ2) is 9.17. The highest BCUT2D eigenvalue weighted by molar-refractivity contribution is 7.89. The molecule has 0 radical (unpaired) electrons. The van der Waals surface area contributed by atoms with Crippen molar-refractivity contribution in [3.63, 3.8) is 0 Å². The monoisotopic (exact) mass is 317 g/mol. The van der Waals surface area contributed by atoms with Crippen molar-refractivity contribution in [1.29, 1.82) is 0 Å². The molecule has 0 aliphatic rings. The zero-order valence-corrected chi connectivity index (χ0v) is 13.8. The summed E-state index contributed by atoms with van der Waals surface area (Å²) < 4.78 is 29.0. The van der Waals surface area contributed by atoms with E-state index in [4.69, 9.17) is 5.11 Å². The van der Waals surface area contributed by atoms with E-state index in [1.807, 2.05) is 0 Å². The molecule has 0 aliphatic heterocycles. The Morgan fingerprint density at radius 1 is 1.29 bits per heavy atom. The van der Waals surface area contributed by atoms with E-state index >= 15 is 0 Å². The summed E-state index contributed by atoms with van der Waals surface area (Å²) in [5, 5.41) is 12.8. The van der Waals surface area contributed by atoms with Gasteiger partial charge in [-0.15, -0.1) is 0 Å². The Labute approximate surface area is 127 Å². The summed E-state index contributed by atoms with van der Waals surface area (Å²) in [6, 6.07) is -0.0132. The van der Waals surface area contributed by atoms with Crippen molar-refractivity contribution in [2.45, 2.75) is 69.9 Å². The van der Waals surface area contributed by atoms with Gasteiger partial charge in [0.1, 0.15) is 4.90 Å². The molecule has 1 aromatic rings. The molecule has 0 fully saturated rings. The Morgan fingerprint density at radius 3 is 2.67 bits per heavy atom. The molecule has 0 spiro atoms. The maximum absolute atomic E-state index is 12.4. The molecule has 0 saturated heterocycles. The first-order valence-electron chi connectivity index (χ1n) is 7.69. The molecule has 1 aromatic heterocycles. The smallest absolute Gasteiger partial charge is 0.243 e. The summed E-state index contributed by atoms with van der Waals surface area (Å²) >= 11 is 0. The van der Waals surface area contributed by atoms with Crippen LogP contribution < -0.4 is 4.72 Å². The number of hydrogen-bond donors (Lipinski definition) is 2. The molecule has 7 heteroatoms. The van der Waals surface area contributed by atoms with Crippen molar-refractivity contribution in [3.8, 4) is 0 Å². The topological polar surface area (TPSA) is 84.2 Å². The predicted octanol–water partition coefficient (Wildman–Crippen LogP) is 1.90. The van der Waals surface area contributed by atoms with Crippen LogP contribution in [0, 0.1) is 0 Å². The number of unbranched alkanes of at least 4 members (excludes halogenated alkanes) is 1. The van der Waals surface area contributed by atoms with Gasteiger partial charge in [-0.1, -0.05) is 33.1 Å². The van der Waals surface area contributed by atoms with Gasteiger partial charge in [-0.3, -0.25) is 4.68 Å². The maximum Gasteiger partial charge on any atom is 0.243 e. The van der Waals surface area contributed by atoms with E-state index < -0.39 is 10.0 Å². The third-order valence-corrected chi connectivity index (χ3v) is 4.81. The molecule has 6 nitrogen and oxygen atoms in total. The van der Waals surface area contributed by atoms with Gasteiger partial charge in [0.25, 0.3) is 0 Å². The van der Waals surface area contributed by atoms with Crippen LogP contribution >= 0.6 is 0 Å². The average Bonchev–Trinajstić information content (AvgIpc) is 2.92. The highest BCUT2D eigenvalue weighted by Crippen LogP contribution is 2.13. The van der Waals surface area contributed by atoms with E-state index in [-0.39, 0.29) is 17.5 Å². The molecule has 0 amide bonds. The molecule has 1 heterocycles. The fourth-order valence-corrected chi connectivity index (χ4v) is 3.44. The zero-order valence-electron chi connectivity index (χ0n) is 13.0. The molecule has 21 heavy (non-hydrogen) atoms. The first-order valence-corrected chi connectivity index (χ1v) is 9.17. The van der Waals surface area contributed by atoms with Crippen molar-refractivity contribution in [2.75, 3.05) is 6.61 Å². The molecule has 122 valence electrons. The number of aliphatic hydroxyl groups excluding tert-OH is 1. The van der Waals surface area contributed by atoms with E-state index in [9.17, 15) is 8.42 Å². The van der Waals surface area contributed by atoms with Crippen molar-refractivity contribution >= 4 is 10.0 Å². The number of aromatic nitrogens is 2. The first kappa shape index (κ1) is 18.1. The highest BCUT2D eigenvalue weighted by atomic mass is 32.2. The standard InChI is InChI=1S/C14H27N3O3S/c1-3-5-8-13(7-4-2)16-21(19,20)14-11-15-17(12-14)9-6-10-18/h11-13,16,18H,3-10H2,1-2H3. The maximum atomic E-state index is 12.4. The van der Waals surface area contributed by atoms with E-state index in [2.05, 4.69) is 23.7 Å². The molecule has 1 rings (SSSR count). The molecule has 0 aliphatic carbocycles. The summed E-state index contributed by atoms with van der Waals surface area (Å²) in [6.07, 6.45) is 8.17. The summed E-state index contributed by atoms with van der Waals surface area (Å²) in [4.78, 5) is 0.193. The molecule has 0 saturated carbocycles. The van der Waals surface area contributed by atoms with Gasteiger partial charge in [-0.2, -0.15) is 5.10 Å². The number of aryl methyl sites for hydroxylation is 1. The van der Waals surface area contributed by atoms with Crippen LogP contribution in [0.15, 0.2) is 17.3 Å². The lowest BCUT2D eigenvalue weighted by molar-refractivity contribution is 0.277. The van der Waals surface area contributed by atoms with Gasteiger partial charge in [0.05, 0.1) is 6.20 Å². The van der Waals surface area contributed by atoms with Crippen LogP contribution in [0.4, 0.5) is 0 Å². The first-order chi connectivity index (χ1) is 10.0. The van der Waals surface area contributed by atoms with Crippen molar-refractivity contribution < 1.29 is 13.5 Å². The lowest BCUT2D eigenvalue weighted by Gasteiger charge is -2.17. The SMILES string of the molecule is CCCCC(CCC)NS(=O)(=O)c1cnn(CCCO)c1. The van der Waals surface area contributed by atoms with Gasteiger partial charge in [0.15, 0.2) is 0 Å². The Kier molecular flexibility index (Phi) is 7.92. The quantitative estimate of drug-likeness (QED) is 0.653. The molecule has 0 bridgehead atoms. The van der Waals surface area contributed by atoms with E-state index in [0.717, 1.165) is 32.1 Å². The third-order valence-electron chi connectivity index (χ3n) is 3.33.